The van der Waals surface area contributed by atoms with Crippen molar-refractivity contribution in [2.75, 3.05) is 5.32 Å². The number of hydrogen-bond acceptors (Lipinski definition) is 6. The zero-order valence-electron chi connectivity index (χ0n) is 14.6. The van der Waals surface area contributed by atoms with E-state index in [1.165, 1.54) is 6.07 Å². The lowest BCUT2D eigenvalue weighted by Gasteiger charge is -2.26. The quantitative estimate of drug-likeness (QED) is 0.515. The van der Waals surface area contributed by atoms with Crippen LogP contribution in [0.25, 0.3) is 22.6 Å². The first kappa shape index (κ1) is 17.2. The predicted octanol–water partition coefficient (Wildman–Crippen LogP) is 1.50. The number of benzene rings is 1. The third-order valence-electron chi connectivity index (χ3n) is 4.98. The molecule has 5 N–H and O–H groups in total. The number of rotatable bonds is 4. The number of carbonyl (C=O) groups is 1. The van der Waals surface area contributed by atoms with Gasteiger partial charge < -0.3 is 21.1 Å². The van der Waals surface area contributed by atoms with Crippen molar-refractivity contribution in [3.8, 4) is 17.1 Å². The first-order valence-corrected chi connectivity index (χ1v) is 8.84. The Morgan fingerprint density at radius 1 is 1.26 bits per heavy atom. The number of H-pyrrole nitrogens is 1. The van der Waals surface area contributed by atoms with Crippen LogP contribution in [0.1, 0.15) is 31.7 Å². The summed E-state index contributed by atoms with van der Waals surface area (Å²) < 4.78 is 1.63. The number of nitrogens with zero attached hydrogens (tertiary/aromatic N) is 3. The number of nitrogens with two attached hydrogens (primary N) is 1. The van der Waals surface area contributed by atoms with E-state index < -0.39 is 0 Å². The Labute approximate surface area is 154 Å². The van der Waals surface area contributed by atoms with Gasteiger partial charge >= 0.3 is 5.69 Å². The summed E-state index contributed by atoms with van der Waals surface area (Å²) in [6.45, 7) is 0. The van der Waals surface area contributed by atoms with Crippen molar-refractivity contribution in [3.63, 3.8) is 0 Å². The van der Waals surface area contributed by atoms with Crippen LogP contribution in [0.2, 0.25) is 0 Å². The van der Waals surface area contributed by atoms with Gasteiger partial charge in [-0.05, 0) is 37.8 Å². The Hall–Kier alpha value is -3.20. The molecule has 1 amide bonds. The van der Waals surface area contributed by atoms with Crippen molar-refractivity contribution >= 4 is 23.4 Å². The molecule has 1 aliphatic rings. The van der Waals surface area contributed by atoms with Crippen molar-refractivity contribution in [2.45, 2.75) is 37.8 Å². The van der Waals surface area contributed by atoms with E-state index in [9.17, 15) is 14.7 Å². The molecule has 9 nitrogen and oxygen atoms in total. The van der Waals surface area contributed by atoms with Crippen LogP contribution in [0.4, 0.5) is 5.82 Å². The maximum Gasteiger partial charge on any atom is 0.328 e. The van der Waals surface area contributed by atoms with Crippen LogP contribution in [0.5, 0.6) is 5.75 Å². The molecular weight excluding hydrogens is 348 g/mol. The molecule has 2 heterocycles. The number of carbonyl (C=O) groups excluding carboxylic acids is 1. The van der Waals surface area contributed by atoms with Crippen molar-refractivity contribution in [2.24, 2.45) is 5.73 Å². The van der Waals surface area contributed by atoms with Crippen molar-refractivity contribution in [1.82, 2.24) is 19.5 Å². The number of aromatic nitrogens is 4. The molecule has 1 aromatic carbocycles. The van der Waals surface area contributed by atoms with Gasteiger partial charge in [-0.2, -0.15) is 0 Å². The molecule has 0 spiro atoms. The number of aromatic hydroxyl groups is 1. The lowest BCUT2D eigenvalue weighted by atomic mass is 9.92. The second-order valence-corrected chi connectivity index (χ2v) is 6.78. The van der Waals surface area contributed by atoms with Gasteiger partial charge in [-0.1, -0.05) is 12.1 Å². The van der Waals surface area contributed by atoms with E-state index in [4.69, 9.17) is 5.73 Å². The Balaban J connectivity index is 1.90. The summed E-state index contributed by atoms with van der Waals surface area (Å²) in [4.78, 5) is 35.3. The highest BCUT2D eigenvalue weighted by Gasteiger charge is 2.25. The normalized spacial score (nSPS) is 19.9. The fourth-order valence-corrected chi connectivity index (χ4v) is 3.63. The highest BCUT2D eigenvalue weighted by molar-refractivity contribution is 5.90. The SMILES string of the molecule is NC1CCC(n2c(=O)[nH]c3c(NC=O)nc(-c4cccc(O)c4)nc32)CC1. The van der Waals surface area contributed by atoms with Gasteiger partial charge in [-0.3, -0.25) is 9.36 Å². The summed E-state index contributed by atoms with van der Waals surface area (Å²) in [5, 5.41) is 12.3. The molecule has 140 valence electrons. The molecule has 0 saturated heterocycles. The molecule has 0 aliphatic heterocycles. The molecule has 9 heteroatoms. The monoisotopic (exact) mass is 368 g/mol. The minimum Gasteiger partial charge on any atom is -0.508 e. The molecule has 0 atom stereocenters. The van der Waals surface area contributed by atoms with E-state index in [0.29, 0.717) is 29.0 Å². The summed E-state index contributed by atoms with van der Waals surface area (Å²) in [5.74, 6) is 0.605. The standard InChI is InChI=1S/C18H20N6O3/c19-11-4-6-12(7-5-11)24-17-14(21-18(24)27)16(20-9-25)22-15(23-17)10-2-1-3-13(26)8-10/h1-3,8-9,11-12,26H,4-7,19H2,(H,21,27)(H,20,22,23,25). The minimum absolute atomic E-state index is 0.0120. The fourth-order valence-electron chi connectivity index (χ4n) is 3.63. The van der Waals surface area contributed by atoms with Crippen molar-refractivity contribution < 1.29 is 9.90 Å². The summed E-state index contributed by atoms with van der Waals surface area (Å²) in [5.41, 5.74) is 7.09. The van der Waals surface area contributed by atoms with Gasteiger partial charge in [0.15, 0.2) is 17.3 Å². The number of phenols is 1. The molecule has 1 fully saturated rings. The zero-order chi connectivity index (χ0) is 19.0. The van der Waals surface area contributed by atoms with Crippen molar-refractivity contribution in [1.29, 1.82) is 0 Å². The third kappa shape index (κ3) is 3.17. The average Bonchev–Trinajstić information content (AvgIpc) is 2.99. The molecule has 1 aliphatic carbocycles. The second kappa shape index (κ2) is 6.84. The first-order chi connectivity index (χ1) is 13.1. The number of amides is 1. The molecule has 1 saturated carbocycles. The maximum absolute atomic E-state index is 12.6. The van der Waals surface area contributed by atoms with Gasteiger partial charge in [0.25, 0.3) is 0 Å². The summed E-state index contributed by atoms with van der Waals surface area (Å²) in [6, 6.07) is 6.65. The average molecular weight is 368 g/mol. The van der Waals surface area contributed by atoms with Crippen molar-refractivity contribution in [3.05, 3.63) is 34.7 Å². The molecule has 2 aromatic heterocycles. The zero-order valence-corrected chi connectivity index (χ0v) is 14.6. The molecule has 4 rings (SSSR count). The van der Waals surface area contributed by atoms with Crippen LogP contribution in [-0.2, 0) is 4.79 Å². The van der Waals surface area contributed by atoms with Gasteiger partial charge in [0.05, 0.1) is 0 Å². The van der Waals surface area contributed by atoms with Crippen LogP contribution in [-0.4, -0.2) is 37.1 Å². The third-order valence-corrected chi connectivity index (χ3v) is 4.98. The van der Waals surface area contributed by atoms with Crippen LogP contribution < -0.4 is 16.7 Å². The maximum atomic E-state index is 12.6. The molecule has 0 unspecified atom stereocenters. The van der Waals surface area contributed by atoms with Crippen LogP contribution in [0, 0.1) is 0 Å². The van der Waals surface area contributed by atoms with Crippen LogP contribution in [0.15, 0.2) is 29.1 Å². The molecule has 27 heavy (non-hydrogen) atoms. The molecule has 3 aromatic rings. The number of hydrogen-bond donors (Lipinski definition) is 4. The summed E-state index contributed by atoms with van der Waals surface area (Å²) >= 11 is 0. The summed E-state index contributed by atoms with van der Waals surface area (Å²) in [6.07, 6.45) is 3.76. The number of phenolic OH excluding ortho intramolecular Hbond substituents is 1. The minimum atomic E-state index is -0.290. The van der Waals surface area contributed by atoms with Gasteiger partial charge in [-0.25, -0.2) is 14.8 Å². The van der Waals surface area contributed by atoms with Crippen LogP contribution in [0.3, 0.4) is 0 Å². The van der Waals surface area contributed by atoms with E-state index >= 15 is 0 Å². The van der Waals surface area contributed by atoms with E-state index in [1.54, 1.807) is 22.8 Å². The number of fused-ring (bicyclic) bond motifs is 1. The number of aromatic amines is 1. The van der Waals surface area contributed by atoms with E-state index in [1.807, 2.05) is 0 Å². The van der Waals surface area contributed by atoms with E-state index in [0.717, 1.165) is 25.7 Å². The smallest absolute Gasteiger partial charge is 0.328 e. The van der Waals surface area contributed by atoms with Gasteiger partial charge in [0.2, 0.25) is 6.41 Å². The van der Waals surface area contributed by atoms with Crippen LogP contribution >= 0.6 is 0 Å². The lowest BCUT2D eigenvalue weighted by Crippen LogP contribution is -2.31. The Morgan fingerprint density at radius 3 is 2.74 bits per heavy atom. The second-order valence-electron chi connectivity index (χ2n) is 6.78. The highest BCUT2D eigenvalue weighted by Crippen LogP contribution is 2.31. The Bertz CT molecular complexity index is 1050. The lowest BCUT2D eigenvalue weighted by molar-refractivity contribution is -0.105. The summed E-state index contributed by atoms with van der Waals surface area (Å²) in [7, 11) is 0. The molecule has 0 bridgehead atoms. The first-order valence-electron chi connectivity index (χ1n) is 8.84. The van der Waals surface area contributed by atoms with E-state index in [2.05, 4.69) is 20.3 Å². The molecule has 0 radical (unpaired) electrons. The fraction of sp³-hybridized carbons (Fsp3) is 0.333. The number of nitrogens with one attached hydrogen (secondary N) is 2. The van der Waals surface area contributed by atoms with Gasteiger partial charge in [-0.15, -0.1) is 0 Å². The number of anilines is 1. The topological polar surface area (TPSA) is 139 Å². The van der Waals surface area contributed by atoms with E-state index in [-0.39, 0.29) is 29.3 Å². The van der Waals surface area contributed by atoms with Gasteiger partial charge in [0.1, 0.15) is 11.3 Å². The Morgan fingerprint density at radius 2 is 2.04 bits per heavy atom. The van der Waals surface area contributed by atoms with Gasteiger partial charge in [0, 0.05) is 17.6 Å². The highest BCUT2D eigenvalue weighted by atomic mass is 16.3. The predicted molar refractivity (Wildman–Crippen MR) is 100 cm³/mol. The Kier molecular flexibility index (Phi) is 4.36. The number of imidazole rings is 1. The molecular formula is C18H20N6O3. The largest absolute Gasteiger partial charge is 0.508 e.